The lowest BCUT2D eigenvalue weighted by Gasteiger charge is -2.25. The monoisotopic (exact) mass is 539 g/mol. The number of hydrogen-bond donors (Lipinski definition) is 2. The zero-order valence-electron chi connectivity index (χ0n) is 20.0. The van der Waals surface area contributed by atoms with Crippen molar-refractivity contribution in [2.75, 3.05) is 23.5 Å². The first-order valence-electron chi connectivity index (χ1n) is 11.8. The molecule has 37 heavy (non-hydrogen) atoms. The SMILES string of the molecule is COc1ccc2nccc(NC(=O)C3CCC(C=NS(=O)(=O)c4ccc5c(c4)NC(=O)CS5)CC3)c2n1. The minimum atomic E-state index is -3.90. The zero-order chi connectivity index (χ0) is 26.0. The standard InChI is InChI=1S/C25H25N5O5S2/c1-35-23-9-7-18-24(30-23)19(10-11-26-18)29-25(32)16-4-2-15(3-5-16)13-27-37(33,34)17-6-8-21-20(12-17)28-22(31)14-36-21/h6-13,15-16H,2-5,14H2,1H3,(H,28,31)(H,26,29,32). The van der Waals surface area contributed by atoms with Gasteiger partial charge in [0.25, 0.3) is 10.0 Å². The molecule has 5 rings (SSSR count). The van der Waals surface area contributed by atoms with Crippen LogP contribution in [-0.4, -0.2) is 49.3 Å². The molecule has 0 atom stereocenters. The highest BCUT2D eigenvalue weighted by Crippen LogP contribution is 2.34. The third kappa shape index (κ3) is 5.59. The molecule has 0 saturated heterocycles. The number of carbonyl (C=O) groups excluding carboxylic acids is 2. The van der Waals surface area contributed by atoms with E-state index in [-0.39, 0.29) is 28.5 Å². The molecule has 12 heteroatoms. The van der Waals surface area contributed by atoms with Gasteiger partial charge in [-0.15, -0.1) is 11.8 Å². The molecule has 0 bridgehead atoms. The Morgan fingerprint density at radius 1 is 1.19 bits per heavy atom. The van der Waals surface area contributed by atoms with E-state index in [4.69, 9.17) is 4.74 Å². The Bertz CT molecular complexity index is 1500. The number of benzene rings is 1. The van der Waals surface area contributed by atoms with Crippen LogP contribution in [0.25, 0.3) is 11.0 Å². The van der Waals surface area contributed by atoms with Crippen LogP contribution >= 0.6 is 11.8 Å². The van der Waals surface area contributed by atoms with E-state index >= 15 is 0 Å². The van der Waals surface area contributed by atoms with E-state index in [9.17, 15) is 18.0 Å². The van der Waals surface area contributed by atoms with E-state index in [2.05, 4.69) is 25.0 Å². The van der Waals surface area contributed by atoms with E-state index in [1.807, 2.05) is 0 Å². The fourth-order valence-electron chi connectivity index (χ4n) is 4.44. The van der Waals surface area contributed by atoms with Gasteiger partial charge in [0.1, 0.15) is 5.52 Å². The number of methoxy groups -OCH3 is 1. The maximum atomic E-state index is 13.0. The third-order valence-electron chi connectivity index (χ3n) is 6.46. The summed E-state index contributed by atoms with van der Waals surface area (Å²) < 4.78 is 34.6. The van der Waals surface area contributed by atoms with E-state index < -0.39 is 10.0 Å². The van der Waals surface area contributed by atoms with Gasteiger partial charge in [0.15, 0.2) is 0 Å². The first-order valence-corrected chi connectivity index (χ1v) is 14.2. The van der Waals surface area contributed by atoms with Crippen LogP contribution in [0.4, 0.5) is 11.4 Å². The van der Waals surface area contributed by atoms with Gasteiger partial charge in [0.2, 0.25) is 17.7 Å². The van der Waals surface area contributed by atoms with Crippen LogP contribution in [0.15, 0.2) is 56.8 Å². The average Bonchev–Trinajstić information content (AvgIpc) is 2.91. The smallest absolute Gasteiger partial charge is 0.282 e. The molecule has 2 amide bonds. The molecule has 1 aliphatic carbocycles. The molecule has 0 unspecified atom stereocenters. The molecule has 192 valence electrons. The average molecular weight is 540 g/mol. The predicted molar refractivity (Wildman–Crippen MR) is 142 cm³/mol. The molecule has 10 nitrogen and oxygen atoms in total. The van der Waals surface area contributed by atoms with Crippen LogP contribution in [-0.2, 0) is 19.6 Å². The van der Waals surface area contributed by atoms with Gasteiger partial charge >= 0.3 is 0 Å². The van der Waals surface area contributed by atoms with Crippen molar-refractivity contribution < 1.29 is 22.7 Å². The van der Waals surface area contributed by atoms with Crippen molar-refractivity contribution in [2.24, 2.45) is 16.2 Å². The van der Waals surface area contributed by atoms with Crippen LogP contribution < -0.4 is 15.4 Å². The van der Waals surface area contributed by atoms with Crippen LogP contribution in [0.2, 0.25) is 0 Å². The van der Waals surface area contributed by atoms with Crippen molar-refractivity contribution in [3.8, 4) is 5.88 Å². The predicted octanol–water partition coefficient (Wildman–Crippen LogP) is 3.89. The lowest BCUT2D eigenvalue weighted by atomic mass is 9.82. The molecule has 3 aromatic rings. The summed E-state index contributed by atoms with van der Waals surface area (Å²) in [6.07, 6.45) is 5.63. The number of fused-ring (bicyclic) bond motifs is 2. The molecular weight excluding hydrogens is 514 g/mol. The van der Waals surface area contributed by atoms with Crippen molar-refractivity contribution in [1.29, 1.82) is 0 Å². The van der Waals surface area contributed by atoms with Crippen molar-refractivity contribution >= 4 is 62.2 Å². The number of ether oxygens (including phenoxy) is 1. The molecule has 2 N–H and O–H groups in total. The molecule has 1 saturated carbocycles. The van der Waals surface area contributed by atoms with Crippen LogP contribution in [0.3, 0.4) is 0 Å². The maximum Gasteiger partial charge on any atom is 0.282 e. The van der Waals surface area contributed by atoms with Gasteiger partial charge < -0.3 is 15.4 Å². The van der Waals surface area contributed by atoms with E-state index in [1.54, 1.807) is 30.5 Å². The Kier molecular flexibility index (Phi) is 7.11. The Morgan fingerprint density at radius 2 is 2.00 bits per heavy atom. The second kappa shape index (κ2) is 10.5. The number of sulfonamides is 1. The number of hydrogen-bond acceptors (Lipinski definition) is 8. The van der Waals surface area contributed by atoms with Gasteiger partial charge in [-0.1, -0.05) is 0 Å². The number of aromatic nitrogens is 2. The minimum absolute atomic E-state index is 0.0354. The number of nitrogens with zero attached hydrogens (tertiary/aromatic N) is 3. The first kappa shape index (κ1) is 25.2. The number of anilines is 2. The largest absolute Gasteiger partial charge is 0.481 e. The summed E-state index contributed by atoms with van der Waals surface area (Å²) in [7, 11) is -2.37. The normalized spacial score (nSPS) is 19.9. The highest BCUT2D eigenvalue weighted by molar-refractivity contribution is 8.00. The second-order valence-electron chi connectivity index (χ2n) is 8.91. The second-order valence-corrected chi connectivity index (χ2v) is 11.6. The molecule has 0 radical (unpaired) electrons. The summed E-state index contributed by atoms with van der Waals surface area (Å²) in [5, 5.41) is 5.67. The quantitative estimate of drug-likeness (QED) is 0.450. The fourth-order valence-corrected chi connectivity index (χ4v) is 6.19. The van der Waals surface area contributed by atoms with Gasteiger partial charge in [-0.05, 0) is 61.9 Å². The zero-order valence-corrected chi connectivity index (χ0v) is 21.6. The lowest BCUT2D eigenvalue weighted by molar-refractivity contribution is -0.120. The number of nitrogens with one attached hydrogen (secondary N) is 2. The summed E-state index contributed by atoms with van der Waals surface area (Å²) in [5.74, 6) is 0.238. The van der Waals surface area contributed by atoms with Gasteiger partial charge in [-0.3, -0.25) is 14.6 Å². The summed E-state index contributed by atoms with van der Waals surface area (Å²) in [4.78, 5) is 34.1. The van der Waals surface area contributed by atoms with Gasteiger partial charge in [-0.2, -0.15) is 12.8 Å². The van der Waals surface area contributed by atoms with E-state index in [0.29, 0.717) is 59.7 Å². The number of thioether (sulfide) groups is 1. The number of rotatable bonds is 6. The van der Waals surface area contributed by atoms with Crippen LogP contribution in [0.1, 0.15) is 25.7 Å². The van der Waals surface area contributed by atoms with Crippen molar-refractivity contribution in [1.82, 2.24) is 9.97 Å². The van der Waals surface area contributed by atoms with Crippen molar-refractivity contribution in [3.63, 3.8) is 0 Å². The minimum Gasteiger partial charge on any atom is -0.481 e. The lowest BCUT2D eigenvalue weighted by Crippen LogP contribution is -2.27. The van der Waals surface area contributed by atoms with Gasteiger partial charge in [0.05, 0.1) is 34.6 Å². The topological polar surface area (TPSA) is 140 Å². The number of pyridine rings is 2. The maximum absolute atomic E-state index is 13.0. The third-order valence-corrected chi connectivity index (χ3v) is 8.78. The molecular formula is C25H25N5O5S2. The molecule has 1 aromatic carbocycles. The summed E-state index contributed by atoms with van der Waals surface area (Å²) in [6.45, 7) is 0. The highest BCUT2D eigenvalue weighted by atomic mass is 32.2. The molecule has 1 fully saturated rings. The molecule has 1 aliphatic heterocycles. The highest BCUT2D eigenvalue weighted by Gasteiger charge is 2.27. The molecule has 2 aromatic heterocycles. The fraction of sp³-hybridized carbons (Fsp3) is 0.320. The van der Waals surface area contributed by atoms with Crippen molar-refractivity contribution in [3.05, 3.63) is 42.6 Å². The number of amides is 2. The number of carbonyl (C=O) groups is 2. The van der Waals surface area contributed by atoms with Crippen molar-refractivity contribution in [2.45, 2.75) is 35.5 Å². The van der Waals surface area contributed by atoms with Crippen LogP contribution in [0, 0.1) is 11.8 Å². The molecule has 2 aliphatic rings. The first-order chi connectivity index (χ1) is 17.8. The van der Waals surface area contributed by atoms with Gasteiger partial charge in [0, 0.05) is 29.3 Å². The van der Waals surface area contributed by atoms with E-state index in [1.165, 1.54) is 37.2 Å². The molecule has 0 spiro atoms. The Morgan fingerprint density at radius 3 is 2.78 bits per heavy atom. The van der Waals surface area contributed by atoms with E-state index in [0.717, 1.165) is 4.90 Å². The Balaban J connectivity index is 1.20. The summed E-state index contributed by atoms with van der Waals surface area (Å²) in [6, 6.07) is 9.84. The van der Waals surface area contributed by atoms with Gasteiger partial charge in [-0.25, -0.2) is 4.98 Å². The molecule has 3 heterocycles. The summed E-state index contributed by atoms with van der Waals surface area (Å²) in [5.41, 5.74) is 2.27. The Labute approximate surface area is 218 Å². The van der Waals surface area contributed by atoms with Crippen LogP contribution in [0.5, 0.6) is 5.88 Å². The Hall–Kier alpha value is -3.51. The summed E-state index contributed by atoms with van der Waals surface area (Å²) >= 11 is 1.37.